The van der Waals surface area contributed by atoms with Gasteiger partial charge in [0.1, 0.15) is 11.9 Å². The van der Waals surface area contributed by atoms with Crippen molar-refractivity contribution in [3.63, 3.8) is 0 Å². The molecule has 0 radical (unpaired) electrons. The molecular formula is C17H27ClN4O3S. The van der Waals surface area contributed by atoms with Crippen molar-refractivity contribution in [1.82, 2.24) is 14.9 Å². The fourth-order valence-electron chi connectivity index (χ4n) is 2.59. The van der Waals surface area contributed by atoms with Gasteiger partial charge >= 0.3 is 0 Å². The summed E-state index contributed by atoms with van der Waals surface area (Å²) >= 11 is 5.86. The second kappa shape index (κ2) is 9.99. The monoisotopic (exact) mass is 402 g/mol. The van der Waals surface area contributed by atoms with Crippen LogP contribution in [0, 0.1) is 0 Å². The van der Waals surface area contributed by atoms with Crippen molar-refractivity contribution in [2.24, 2.45) is 4.99 Å². The van der Waals surface area contributed by atoms with E-state index in [1.54, 1.807) is 12.1 Å². The fourth-order valence-corrected chi connectivity index (χ4v) is 4.24. The first-order valence-electron chi connectivity index (χ1n) is 8.83. The van der Waals surface area contributed by atoms with Crippen LogP contribution in [-0.2, 0) is 10.0 Å². The molecule has 1 heterocycles. The van der Waals surface area contributed by atoms with Crippen molar-refractivity contribution >= 4 is 27.6 Å². The van der Waals surface area contributed by atoms with Gasteiger partial charge in [-0.1, -0.05) is 11.6 Å². The van der Waals surface area contributed by atoms with E-state index in [-0.39, 0.29) is 11.9 Å². The quantitative estimate of drug-likeness (QED) is 0.510. The molecule has 1 aliphatic rings. The van der Waals surface area contributed by atoms with E-state index in [0.29, 0.717) is 43.6 Å². The van der Waals surface area contributed by atoms with Crippen LogP contribution in [0.4, 0.5) is 0 Å². The largest absolute Gasteiger partial charge is 0.489 e. The third-order valence-corrected chi connectivity index (χ3v) is 6.07. The molecule has 0 amide bonds. The Bertz CT molecular complexity index is 694. The first-order valence-corrected chi connectivity index (χ1v) is 10.8. The van der Waals surface area contributed by atoms with Gasteiger partial charge in [0.25, 0.3) is 0 Å². The maximum Gasteiger partial charge on any atom is 0.214 e. The van der Waals surface area contributed by atoms with E-state index in [1.165, 1.54) is 4.31 Å². The molecule has 7 nitrogen and oxygen atoms in total. The molecule has 0 aromatic heterocycles. The van der Waals surface area contributed by atoms with Gasteiger partial charge in [-0.15, -0.1) is 0 Å². The molecule has 146 valence electrons. The van der Waals surface area contributed by atoms with Crippen LogP contribution in [0.25, 0.3) is 0 Å². The van der Waals surface area contributed by atoms with Crippen molar-refractivity contribution in [2.45, 2.75) is 26.4 Å². The highest BCUT2D eigenvalue weighted by atomic mass is 35.5. The summed E-state index contributed by atoms with van der Waals surface area (Å²) in [6, 6.07) is 7.21. The maximum atomic E-state index is 11.8. The first-order chi connectivity index (χ1) is 12.4. The lowest BCUT2D eigenvalue weighted by Gasteiger charge is -2.17. The summed E-state index contributed by atoms with van der Waals surface area (Å²) in [5.41, 5.74) is 0. The molecule has 1 aromatic carbocycles. The molecule has 1 aliphatic heterocycles. The zero-order chi connectivity index (χ0) is 19.0. The SMILES string of the molecule is CCNC(=NCC(C)Oc1ccc(Cl)cc1)NCCN1CCCS1(=O)=O. The number of ether oxygens (including phenoxy) is 1. The number of sulfonamides is 1. The summed E-state index contributed by atoms with van der Waals surface area (Å²) in [4.78, 5) is 4.50. The van der Waals surface area contributed by atoms with E-state index >= 15 is 0 Å². The summed E-state index contributed by atoms with van der Waals surface area (Å²) in [7, 11) is -3.06. The van der Waals surface area contributed by atoms with Crippen LogP contribution in [-0.4, -0.2) is 63.3 Å². The molecule has 26 heavy (non-hydrogen) atoms. The van der Waals surface area contributed by atoms with Crippen LogP contribution in [0.15, 0.2) is 29.3 Å². The number of hydrogen-bond acceptors (Lipinski definition) is 4. The molecule has 1 atom stereocenters. The van der Waals surface area contributed by atoms with Gasteiger partial charge in [0.2, 0.25) is 10.0 Å². The van der Waals surface area contributed by atoms with E-state index < -0.39 is 10.0 Å². The zero-order valence-corrected chi connectivity index (χ0v) is 16.8. The van der Waals surface area contributed by atoms with Gasteiger partial charge in [-0.25, -0.2) is 17.7 Å². The minimum Gasteiger partial charge on any atom is -0.489 e. The normalized spacial score (nSPS) is 18.5. The Labute approximate surface area is 160 Å². The molecule has 1 aromatic rings. The van der Waals surface area contributed by atoms with Gasteiger partial charge < -0.3 is 15.4 Å². The third-order valence-electron chi connectivity index (χ3n) is 3.86. The summed E-state index contributed by atoms with van der Waals surface area (Å²) in [6.45, 7) is 6.68. The second-order valence-corrected chi connectivity index (χ2v) is 8.62. The molecule has 9 heteroatoms. The van der Waals surface area contributed by atoms with E-state index in [4.69, 9.17) is 16.3 Å². The average Bonchev–Trinajstić information content (AvgIpc) is 2.93. The molecule has 0 spiro atoms. The Morgan fingerprint density at radius 3 is 2.69 bits per heavy atom. The molecule has 0 saturated carbocycles. The topological polar surface area (TPSA) is 83.0 Å². The molecule has 1 fully saturated rings. The summed E-state index contributed by atoms with van der Waals surface area (Å²) in [6.07, 6.45) is 0.598. The fraction of sp³-hybridized carbons (Fsp3) is 0.588. The number of halogens is 1. The van der Waals surface area contributed by atoms with Crippen LogP contribution in [0.2, 0.25) is 5.02 Å². The highest BCUT2D eigenvalue weighted by molar-refractivity contribution is 7.89. The van der Waals surface area contributed by atoms with Crippen molar-refractivity contribution in [3.8, 4) is 5.75 Å². The number of nitrogens with zero attached hydrogens (tertiary/aromatic N) is 2. The number of guanidine groups is 1. The lowest BCUT2D eigenvalue weighted by molar-refractivity contribution is 0.230. The predicted octanol–water partition coefficient (Wildman–Crippen LogP) is 1.70. The molecule has 1 saturated heterocycles. The van der Waals surface area contributed by atoms with E-state index in [2.05, 4.69) is 15.6 Å². The standard InChI is InChI=1S/C17H27ClN4O3S/c1-3-19-17(20-9-11-22-10-4-12-26(22,23)24)21-13-14(2)25-16-7-5-15(18)6-8-16/h5-8,14H,3-4,9-13H2,1-2H3,(H2,19,20,21). The Kier molecular flexibility index (Phi) is 7.99. The van der Waals surface area contributed by atoms with Crippen LogP contribution < -0.4 is 15.4 Å². The molecule has 2 N–H and O–H groups in total. The Morgan fingerprint density at radius 1 is 1.35 bits per heavy atom. The number of nitrogens with one attached hydrogen (secondary N) is 2. The minimum absolute atomic E-state index is 0.106. The van der Waals surface area contributed by atoms with Gasteiger partial charge in [-0.2, -0.15) is 0 Å². The average molecular weight is 403 g/mol. The smallest absolute Gasteiger partial charge is 0.214 e. The summed E-state index contributed by atoms with van der Waals surface area (Å²) < 4.78 is 30.9. The van der Waals surface area contributed by atoms with Crippen molar-refractivity contribution < 1.29 is 13.2 Å². The van der Waals surface area contributed by atoms with Crippen LogP contribution in [0.3, 0.4) is 0 Å². The third kappa shape index (κ3) is 6.66. The van der Waals surface area contributed by atoms with Crippen molar-refractivity contribution in [2.75, 3.05) is 38.5 Å². The molecule has 0 aliphatic carbocycles. The molecule has 2 rings (SSSR count). The summed E-state index contributed by atoms with van der Waals surface area (Å²) in [5.74, 6) is 1.64. The predicted molar refractivity (Wildman–Crippen MR) is 106 cm³/mol. The lowest BCUT2D eigenvalue weighted by Crippen LogP contribution is -2.42. The highest BCUT2D eigenvalue weighted by Crippen LogP contribution is 2.16. The highest BCUT2D eigenvalue weighted by Gasteiger charge is 2.27. The van der Waals surface area contributed by atoms with Gasteiger partial charge in [-0.05, 0) is 44.5 Å². The van der Waals surface area contributed by atoms with Crippen LogP contribution in [0.5, 0.6) is 5.75 Å². The van der Waals surface area contributed by atoms with Gasteiger partial charge in [-0.3, -0.25) is 0 Å². The molecule has 0 bridgehead atoms. The molecular weight excluding hydrogens is 376 g/mol. The van der Waals surface area contributed by atoms with Gasteiger partial charge in [0, 0.05) is 31.2 Å². The van der Waals surface area contributed by atoms with E-state index in [0.717, 1.165) is 12.3 Å². The maximum absolute atomic E-state index is 11.8. The van der Waals surface area contributed by atoms with Crippen LogP contribution in [0.1, 0.15) is 20.3 Å². The molecule has 1 unspecified atom stereocenters. The number of rotatable bonds is 8. The van der Waals surface area contributed by atoms with Gasteiger partial charge in [0.15, 0.2) is 5.96 Å². The first kappa shape index (κ1) is 20.8. The van der Waals surface area contributed by atoms with E-state index in [1.807, 2.05) is 26.0 Å². The number of hydrogen-bond donors (Lipinski definition) is 2. The van der Waals surface area contributed by atoms with Gasteiger partial charge in [0.05, 0.1) is 12.3 Å². The summed E-state index contributed by atoms with van der Waals surface area (Å²) in [5, 5.41) is 6.99. The van der Waals surface area contributed by atoms with Crippen molar-refractivity contribution in [1.29, 1.82) is 0 Å². The Hall–Kier alpha value is -1.51. The Morgan fingerprint density at radius 2 is 2.08 bits per heavy atom. The van der Waals surface area contributed by atoms with Crippen molar-refractivity contribution in [3.05, 3.63) is 29.3 Å². The zero-order valence-electron chi connectivity index (χ0n) is 15.2. The Balaban J connectivity index is 1.80. The lowest BCUT2D eigenvalue weighted by atomic mass is 10.3. The number of benzene rings is 1. The van der Waals surface area contributed by atoms with E-state index in [9.17, 15) is 8.42 Å². The van der Waals surface area contributed by atoms with Crippen LogP contribution >= 0.6 is 11.6 Å². The minimum atomic E-state index is -3.06. The number of aliphatic imine (C=N–C) groups is 1. The second-order valence-electron chi connectivity index (χ2n) is 6.10.